The second kappa shape index (κ2) is 5.21. The predicted molar refractivity (Wildman–Crippen MR) is 77.8 cm³/mol. The van der Waals surface area contributed by atoms with Crippen LogP contribution in [0.1, 0.15) is 47.4 Å². The van der Waals surface area contributed by atoms with Crippen molar-refractivity contribution in [3.05, 3.63) is 45.7 Å². The lowest BCUT2D eigenvalue weighted by molar-refractivity contribution is 0.0992. The topological polar surface area (TPSA) is 42.9 Å². The van der Waals surface area contributed by atoms with Gasteiger partial charge in [0.2, 0.25) is 0 Å². The number of nitrogens with zero attached hydrogens (tertiary/aromatic N) is 2. The molecule has 0 aliphatic carbocycles. The number of ketones is 1. The van der Waals surface area contributed by atoms with Crippen LogP contribution in [-0.4, -0.2) is 15.8 Å². The lowest BCUT2D eigenvalue weighted by Gasteiger charge is -2.14. The fraction of sp³-hybridized carbons (Fsp3) is 0.400. The molecule has 0 unspecified atom stereocenters. The van der Waals surface area contributed by atoms with Crippen LogP contribution in [0.2, 0.25) is 0 Å². The summed E-state index contributed by atoms with van der Waals surface area (Å²) in [6.07, 6.45) is 3.69. The molecule has 0 amide bonds. The maximum atomic E-state index is 12.2. The van der Waals surface area contributed by atoms with Gasteiger partial charge in [0.05, 0.1) is 12.1 Å². The average molecular weight is 274 g/mol. The molecule has 2 aromatic heterocycles. The number of aromatic nitrogens is 2. The molecule has 0 saturated carbocycles. The number of pyridine rings is 1. The Morgan fingerprint density at radius 3 is 2.68 bits per heavy atom. The first-order valence-electron chi connectivity index (χ1n) is 6.26. The van der Waals surface area contributed by atoms with Crippen molar-refractivity contribution in [2.24, 2.45) is 0 Å². The van der Waals surface area contributed by atoms with Crippen LogP contribution in [0.3, 0.4) is 0 Å². The number of thiazole rings is 1. The largest absolute Gasteiger partial charge is 0.294 e. The average Bonchev–Trinajstić information content (AvgIpc) is 2.77. The van der Waals surface area contributed by atoms with Crippen LogP contribution in [0.5, 0.6) is 0 Å². The van der Waals surface area contributed by atoms with E-state index in [0.29, 0.717) is 12.0 Å². The summed E-state index contributed by atoms with van der Waals surface area (Å²) in [7, 11) is 0. The lowest BCUT2D eigenvalue weighted by Crippen LogP contribution is -2.12. The van der Waals surface area contributed by atoms with Crippen molar-refractivity contribution in [3.63, 3.8) is 0 Å². The van der Waals surface area contributed by atoms with Gasteiger partial charge in [-0.05, 0) is 18.6 Å². The van der Waals surface area contributed by atoms with E-state index in [4.69, 9.17) is 0 Å². The van der Waals surface area contributed by atoms with Crippen LogP contribution >= 0.6 is 11.3 Å². The fourth-order valence-electron chi connectivity index (χ4n) is 1.73. The molecule has 0 atom stereocenters. The normalized spacial score (nSPS) is 11.6. The summed E-state index contributed by atoms with van der Waals surface area (Å²) in [5, 5.41) is 2.91. The molecule has 0 radical (unpaired) electrons. The van der Waals surface area contributed by atoms with Gasteiger partial charge in [-0.1, -0.05) is 20.8 Å². The van der Waals surface area contributed by atoms with Gasteiger partial charge in [0.1, 0.15) is 5.01 Å². The maximum Gasteiger partial charge on any atom is 0.171 e. The molecule has 3 nitrogen and oxygen atoms in total. The second-order valence-electron chi connectivity index (χ2n) is 5.67. The zero-order valence-corrected chi connectivity index (χ0v) is 12.5. The van der Waals surface area contributed by atoms with Crippen molar-refractivity contribution in [1.82, 2.24) is 9.97 Å². The Hall–Kier alpha value is -1.55. The van der Waals surface area contributed by atoms with Gasteiger partial charge in [0, 0.05) is 28.8 Å². The van der Waals surface area contributed by atoms with Crippen LogP contribution in [0, 0.1) is 6.92 Å². The molecule has 0 aliphatic heterocycles. The highest BCUT2D eigenvalue weighted by Gasteiger charge is 2.19. The monoisotopic (exact) mass is 274 g/mol. The summed E-state index contributed by atoms with van der Waals surface area (Å²) >= 11 is 1.55. The van der Waals surface area contributed by atoms with E-state index < -0.39 is 0 Å². The van der Waals surface area contributed by atoms with Gasteiger partial charge in [-0.2, -0.15) is 0 Å². The Bertz CT molecular complexity index is 596. The van der Waals surface area contributed by atoms with Crippen LogP contribution in [0.15, 0.2) is 23.8 Å². The fourth-order valence-corrected chi connectivity index (χ4v) is 2.74. The highest BCUT2D eigenvalue weighted by molar-refractivity contribution is 7.09. The van der Waals surface area contributed by atoms with Gasteiger partial charge in [-0.3, -0.25) is 9.78 Å². The van der Waals surface area contributed by atoms with Gasteiger partial charge >= 0.3 is 0 Å². The number of rotatable bonds is 3. The van der Waals surface area contributed by atoms with Crippen molar-refractivity contribution < 1.29 is 4.79 Å². The van der Waals surface area contributed by atoms with Crippen molar-refractivity contribution in [3.8, 4) is 0 Å². The maximum absolute atomic E-state index is 12.2. The van der Waals surface area contributed by atoms with E-state index in [1.807, 2.05) is 18.4 Å². The number of hydrogen-bond donors (Lipinski definition) is 0. The summed E-state index contributed by atoms with van der Waals surface area (Å²) in [5.41, 5.74) is 2.73. The second-order valence-corrected chi connectivity index (χ2v) is 6.61. The molecule has 0 N–H and O–H groups in total. The molecule has 2 rings (SSSR count). The van der Waals surface area contributed by atoms with Crippen LogP contribution in [0.25, 0.3) is 0 Å². The quantitative estimate of drug-likeness (QED) is 0.804. The number of carbonyl (C=O) groups excluding carboxylic acids is 1. The molecule has 0 fully saturated rings. The van der Waals surface area contributed by atoms with Crippen LogP contribution < -0.4 is 0 Å². The van der Waals surface area contributed by atoms with E-state index in [1.165, 1.54) is 0 Å². The van der Waals surface area contributed by atoms with Crippen molar-refractivity contribution in [2.75, 3.05) is 0 Å². The molecular formula is C15H18N2OS. The Morgan fingerprint density at radius 1 is 1.37 bits per heavy atom. The van der Waals surface area contributed by atoms with Crippen LogP contribution in [-0.2, 0) is 11.8 Å². The predicted octanol–water partition coefficient (Wildman–Crippen LogP) is 3.57. The summed E-state index contributed by atoms with van der Waals surface area (Å²) in [5.74, 6) is 0.0837. The Labute approximate surface area is 117 Å². The Morgan fingerprint density at radius 2 is 2.11 bits per heavy atom. The van der Waals surface area contributed by atoms with E-state index in [-0.39, 0.29) is 11.2 Å². The molecule has 0 aromatic carbocycles. The lowest BCUT2D eigenvalue weighted by atomic mass is 9.93. The van der Waals surface area contributed by atoms with Crippen molar-refractivity contribution in [1.29, 1.82) is 0 Å². The van der Waals surface area contributed by atoms with Crippen molar-refractivity contribution in [2.45, 2.75) is 39.5 Å². The van der Waals surface area contributed by atoms with Gasteiger partial charge in [-0.15, -0.1) is 11.3 Å². The molecule has 0 saturated heterocycles. The molecular weight excluding hydrogens is 256 g/mol. The third kappa shape index (κ3) is 3.26. The summed E-state index contributed by atoms with van der Waals surface area (Å²) in [4.78, 5) is 20.8. The number of carbonyl (C=O) groups is 1. The number of Topliss-reactive ketones (excluding diaryl/α,β-unsaturated/α-hetero) is 1. The minimum absolute atomic E-state index is 0.0298. The summed E-state index contributed by atoms with van der Waals surface area (Å²) < 4.78 is 0. The first-order valence-corrected chi connectivity index (χ1v) is 7.14. The molecule has 0 bridgehead atoms. The zero-order valence-electron chi connectivity index (χ0n) is 11.7. The van der Waals surface area contributed by atoms with E-state index in [9.17, 15) is 4.79 Å². The smallest absolute Gasteiger partial charge is 0.171 e. The first-order chi connectivity index (χ1) is 8.88. The minimum Gasteiger partial charge on any atom is -0.294 e. The SMILES string of the molecule is Cc1ccncc1C(=O)Cc1nc(C(C)(C)C)cs1. The van der Waals surface area contributed by atoms with E-state index in [1.54, 1.807) is 23.7 Å². The van der Waals surface area contributed by atoms with Gasteiger partial charge in [-0.25, -0.2) is 4.98 Å². The van der Waals surface area contributed by atoms with Gasteiger partial charge < -0.3 is 0 Å². The van der Waals surface area contributed by atoms with E-state index in [2.05, 4.69) is 30.7 Å². The number of aryl methyl sites for hydroxylation is 1. The third-order valence-electron chi connectivity index (χ3n) is 2.97. The van der Waals surface area contributed by atoms with E-state index in [0.717, 1.165) is 16.3 Å². The zero-order chi connectivity index (χ0) is 14.0. The highest BCUT2D eigenvalue weighted by atomic mass is 32.1. The molecule has 2 heterocycles. The molecule has 4 heteroatoms. The van der Waals surface area contributed by atoms with Crippen LogP contribution in [0.4, 0.5) is 0 Å². The molecule has 0 aliphatic rings. The Kier molecular flexibility index (Phi) is 3.80. The van der Waals surface area contributed by atoms with Crippen molar-refractivity contribution >= 4 is 17.1 Å². The number of hydrogen-bond acceptors (Lipinski definition) is 4. The minimum atomic E-state index is 0.0298. The van der Waals surface area contributed by atoms with Gasteiger partial charge in [0.25, 0.3) is 0 Å². The standard InChI is InChI=1S/C15H18N2OS/c1-10-5-6-16-8-11(10)12(18)7-14-17-13(9-19-14)15(2,3)4/h5-6,8-9H,7H2,1-4H3. The summed E-state index contributed by atoms with van der Waals surface area (Å²) in [6.45, 7) is 8.30. The van der Waals surface area contributed by atoms with Gasteiger partial charge in [0.15, 0.2) is 5.78 Å². The molecule has 100 valence electrons. The summed E-state index contributed by atoms with van der Waals surface area (Å²) in [6, 6.07) is 1.86. The molecule has 0 spiro atoms. The highest BCUT2D eigenvalue weighted by Crippen LogP contribution is 2.24. The first kappa shape index (κ1) is 13.9. The Balaban J connectivity index is 2.16. The van der Waals surface area contributed by atoms with E-state index >= 15 is 0 Å². The molecule has 19 heavy (non-hydrogen) atoms. The molecule has 2 aromatic rings. The third-order valence-corrected chi connectivity index (χ3v) is 3.82.